The van der Waals surface area contributed by atoms with Crippen LogP contribution in [0.5, 0.6) is 0 Å². The molecule has 0 saturated carbocycles. The molecule has 0 unspecified atom stereocenters. The van der Waals surface area contributed by atoms with Crippen molar-refractivity contribution in [2.45, 2.75) is 32.6 Å². The maximum Gasteiger partial charge on any atom is 0.508 e. The van der Waals surface area contributed by atoms with Crippen molar-refractivity contribution in [1.82, 2.24) is 0 Å². The van der Waals surface area contributed by atoms with E-state index in [1.807, 2.05) is 0 Å². The van der Waals surface area contributed by atoms with Crippen LogP contribution < -0.4 is 0 Å². The third-order valence-electron chi connectivity index (χ3n) is 2.77. The summed E-state index contributed by atoms with van der Waals surface area (Å²) in [5.74, 6) is 0.285. The van der Waals surface area contributed by atoms with Crippen LogP contribution in [0.4, 0.5) is 4.79 Å². The van der Waals surface area contributed by atoms with Gasteiger partial charge in [-0.1, -0.05) is 12.8 Å². The predicted octanol–water partition coefficient (Wildman–Crippen LogP) is 2.50. The van der Waals surface area contributed by atoms with E-state index in [1.54, 1.807) is 6.92 Å². The summed E-state index contributed by atoms with van der Waals surface area (Å²) in [4.78, 5) is 22.5. The normalized spacial score (nSPS) is 17.8. The van der Waals surface area contributed by atoms with E-state index in [0.717, 1.165) is 25.7 Å². The van der Waals surface area contributed by atoms with Gasteiger partial charge in [-0.25, -0.2) is 4.79 Å². The van der Waals surface area contributed by atoms with E-state index < -0.39 is 11.6 Å². The molecule has 0 N–H and O–H groups in total. The quantitative estimate of drug-likeness (QED) is 0.407. The Balaban J connectivity index is 2.17. The summed E-state index contributed by atoms with van der Waals surface area (Å²) < 4.78 is 14.6. The third-order valence-corrected chi connectivity index (χ3v) is 3.04. The molecule has 1 heterocycles. The van der Waals surface area contributed by atoms with E-state index in [2.05, 4.69) is 0 Å². The van der Waals surface area contributed by atoms with Crippen LogP contribution in [0.3, 0.4) is 0 Å². The Morgan fingerprint density at radius 2 is 1.89 bits per heavy atom. The average molecular weight is 279 g/mol. The van der Waals surface area contributed by atoms with Crippen molar-refractivity contribution in [2.75, 3.05) is 25.7 Å². The first kappa shape index (κ1) is 15.1. The fraction of sp³-hybridized carbons (Fsp3) is 0.833. The van der Waals surface area contributed by atoms with Crippen LogP contribution in [0.15, 0.2) is 0 Å². The number of cyclic esters (lactones) is 2. The van der Waals surface area contributed by atoms with Gasteiger partial charge in [0.05, 0.1) is 6.61 Å². The fourth-order valence-corrected chi connectivity index (χ4v) is 1.72. The van der Waals surface area contributed by atoms with Crippen molar-refractivity contribution in [2.24, 2.45) is 5.41 Å². The summed E-state index contributed by atoms with van der Waals surface area (Å²) in [6.45, 7) is 2.06. The number of alkyl halides is 1. The summed E-state index contributed by atoms with van der Waals surface area (Å²) in [7, 11) is 0. The maximum atomic E-state index is 11.8. The molecule has 0 aromatic rings. The van der Waals surface area contributed by atoms with Crippen LogP contribution in [0.25, 0.3) is 0 Å². The molecule has 0 radical (unpaired) electrons. The molecule has 1 fully saturated rings. The number of halogens is 1. The molecule has 18 heavy (non-hydrogen) atoms. The van der Waals surface area contributed by atoms with Gasteiger partial charge in [0.2, 0.25) is 0 Å². The van der Waals surface area contributed by atoms with Gasteiger partial charge >= 0.3 is 12.1 Å². The Kier molecular flexibility index (Phi) is 6.25. The highest BCUT2D eigenvalue weighted by atomic mass is 35.5. The molecule has 1 saturated heterocycles. The molecule has 1 aliphatic heterocycles. The number of esters is 1. The van der Waals surface area contributed by atoms with Crippen molar-refractivity contribution in [3.63, 3.8) is 0 Å². The van der Waals surface area contributed by atoms with Gasteiger partial charge < -0.3 is 14.2 Å². The summed E-state index contributed by atoms with van der Waals surface area (Å²) in [6, 6.07) is 0. The van der Waals surface area contributed by atoms with Gasteiger partial charge in [0.1, 0.15) is 18.6 Å². The lowest BCUT2D eigenvalue weighted by Gasteiger charge is -2.29. The summed E-state index contributed by atoms with van der Waals surface area (Å²) >= 11 is 5.56. The van der Waals surface area contributed by atoms with Crippen LogP contribution in [0.2, 0.25) is 0 Å². The van der Waals surface area contributed by atoms with E-state index in [0.29, 0.717) is 12.5 Å². The minimum Gasteiger partial charge on any atom is -0.465 e. The summed E-state index contributed by atoms with van der Waals surface area (Å²) in [6.07, 6.45) is 3.10. The molecule has 1 rings (SSSR count). The van der Waals surface area contributed by atoms with E-state index in [4.69, 9.17) is 25.8 Å². The minimum atomic E-state index is -0.885. The standard InChI is InChI=1S/C12H19ClO5/c1-12(8-17-11(15)18-9-12)10(14)16-7-5-3-2-4-6-13/h2-9H2,1H3. The topological polar surface area (TPSA) is 61.8 Å². The Bertz CT molecular complexity index is 282. The number of hydrogen-bond acceptors (Lipinski definition) is 5. The molecule has 0 aromatic heterocycles. The lowest BCUT2D eigenvalue weighted by atomic mass is 9.93. The number of hydrogen-bond donors (Lipinski definition) is 0. The zero-order chi connectivity index (χ0) is 13.4. The van der Waals surface area contributed by atoms with Gasteiger partial charge in [-0.2, -0.15) is 0 Å². The third kappa shape index (κ3) is 4.72. The van der Waals surface area contributed by atoms with Crippen LogP contribution in [-0.2, 0) is 19.0 Å². The maximum absolute atomic E-state index is 11.8. The highest BCUT2D eigenvalue weighted by Crippen LogP contribution is 2.24. The van der Waals surface area contributed by atoms with Crippen molar-refractivity contribution in [3.8, 4) is 0 Å². The SMILES string of the molecule is CC1(C(=O)OCCCCCCCl)COC(=O)OC1. The lowest BCUT2D eigenvalue weighted by molar-refractivity contribution is -0.166. The molecule has 0 aliphatic carbocycles. The first-order chi connectivity index (χ1) is 8.58. The molecule has 0 aromatic carbocycles. The molecule has 104 valence electrons. The first-order valence-electron chi connectivity index (χ1n) is 6.11. The molecular formula is C12H19ClO5. The van der Waals surface area contributed by atoms with E-state index >= 15 is 0 Å². The molecular weight excluding hydrogens is 260 g/mol. The Hall–Kier alpha value is -0.970. The van der Waals surface area contributed by atoms with Gasteiger partial charge in [0.25, 0.3) is 0 Å². The van der Waals surface area contributed by atoms with Gasteiger partial charge in [0.15, 0.2) is 0 Å². The summed E-state index contributed by atoms with van der Waals surface area (Å²) in [5.41, 5.74) is -0.885. The zero-order valence-electron chi connectivity index (χ0n) is 10.6. The van der Waals surface area contributed by atoms with Crippen molar-refractivity contribution in [3.05, 3.63) is 0 Å². The molecule has 1 aliphatic rings. The van der Waals surface area contributed by atoms with Crippen molar-refractivity contribution in [1.29, 1.82) is 0 Å². The van der Waals surface area contributed by atoms with Crippen LogP contribution in [0.1, 0.15) is 32.6 Å². The Labute approximate surface area is 112 Å². The van der Waals surface area contributed by atoms with E-state index in [1.165, 1.54) is 0 Å². The number of carbonyl (C=O) groups is 2. The lowest BCUT2D eigenvalue weighted by Crippen LogP contribution is -2.44. The van der Waals surface area contributed by atoms with Crippen LogP contribution in [0, 0.1) is 5.41 Å². The minimum absolute atomic E-state index is 0.0108. The summed E-state index contributed by atoms with van der Waals surface area (Å²) in [5, 5.41) is 0. The van der Waals surface area contributed by atoms with Gasteiger partial charge in [-0.3, -0.25) is 4.79 Å². The number of carbonyl (C=O) groups excluding carboxylic acids is 2. The molecule has 0 spiro atoms. The predicted molar refractivity (Wildman–Crippen MR) is 65.6 cm³/mol. The molecule has 6 heteroatoms. The molecule has 0 bridgehead atoms. The van der Waals surface area contributed by atoms with Gasteiger partial charge in [0, 0.05) is 5.88 Å². The number of unbranched alkanes of at least 4 members (excludes halogenated alkanes) is 3. The van der Waals surface area contributed by atoms with E-state index in [-0.39, 0.29) is 19.2 Å². The smallest absolute Gasteiger partial charge is 0.465 e. The fourth-order valence-electron chi connectivity index (χ4n) is 1.53. The second-order valence-electron chi connectivity index (χ2n) is 4.63. The second-order valence-corrected chi connectivity index (χ2v) is 5.01. The number of rotatable bonds is 7. The molecule has 0 amide bonds. The monoisotopic (exact) mass is 278 g/mol. The van der Waals surface area contributed by atoms with Crippen LogP contribution in [-0.4, -0.2) is 37.8 Å². The van der Waals surface area contributed by atoms with E-state index in [9.17, 15) is 9.59 Å². The van der Waals surface area contributed by atoms with Gasteiger partial charge in [-0.05, 0) is 19.8 Å². The molecule has 0 atom stereocenters. The second kappa shape index (κ2) is 7.46. The van der Waals surface area contributed by atoms with Crippen molar-refractivity contribution < 1.29 is 23.8 Å². The van der Waals surface area contributed by atoms with Crippen molar-refractivity contribution >= 4 is 23.7 Å². The largest absolute Gasteiger partial charge is 0.508 e. The number of ether oxygens (including phenoxy) is 3. The van der Waals surface area contributed by atoms with Crippen LogP contribution >= 0.6 is 11.6 Å². The Morgan fingerprint density at radius 3 is 2.50 bits per heavy atom. The highest BCUT2D eigenvalue weighted by molar-refractivity contribution is 6.17. The first-order valence-corrected chi connectivity index (χ1v) is 6.65. The highest BCUT2D eigenvalue weighted by Gasteiger charge is 2.41. The zero-order valence-corrected chi connectivity index (χ0v) is 11.3. The van der Waals surface area contributed by atoms with Gasteiger partial charge in [-0.15, -0.1) is 11.6 Å². The molecule has 5 nitrogen and oxygen atoms in total. The Morgan fingerprint density at radius 1 is 1.28 bits per heavy atom. The average Bonchev–Trinajstić information content (AvgIpc) is 2.37.